The fourth-order valence-corrected chi connectivity index (χ4v) is 3.99. The zero-order valence-corrected chi connectivity index (χ0v) is 17.0. The molecule has 0 aliphatic carbocycles. The van der Waals surface area contributed by atoms with Crippen LogP contribution in [-0.2, 0) is 9.53 Å². The number of aromatic nitrogens is 2. The van der Waals surface area contributed by atoms with Gasteiger partial charge in [0, 0.05) is 17.5 Å². The molecule has 0 unspecified atom stereocenters. The predicted octanol–water partition coefficient (Wildman–Crippen LogP) is 4.66. The molecule has 1 N–H and O–H groups in total. The van der Waals surface area contributed by atoms with E-state index >= 15 is 0 Å². The summed E-state index contributed by atoms with van der Waals surface area (Å²) in [6.45, 7) is 1.46. The molecule has 1 aromatic carbocycles. The summed E-state index contributed by atoms with van der Waals surface area (Å²) in [4.78, 5) is 17.7. The number of ether oxygens (including phenoxy) is 1. The lowest BCUT2D eigenvalue weighted by Crippen LogP contribution is -2.34. The van der Waals surface area contributed by atoms with Crippen molar-refractivity contribution < 1.29 is 19.2 Å². The van der Waals surface area contributed by atoms with Crippen LogP contribution in [0.2, 0.25) is 10.0 Å². The number of aliphatic carboxylic acids is 1. The number of rotatable bonds is 7. The van der Waals surface area contributed by atoms with Gasteiger partial charge in [-0.1, -0.05) is 34.4 Å². The number of nitrogens with zero attached hydrogens (tertiary/aromatic N) is 3. The average Bonchev–Trinajstić information content (AvgIpc) is 3.39. The Morgan fingerprint density at radius 1 is 1.38 bits per heavy atom. The van der Waals surface area contributed by atoms with Gasteiger partial charge < -0.3 is 19.3 Å². The predicted molar refractivity (Wildman–Crippen MR) is 111 cm³/mol. The lowest BCUT2D eigenvalue weighted by atomic mass is 10.0. The highest BCUT2D eigenvalue weighted by Crippen LogP contribution is 2.38. The summed E-state index contributed by atoms with van der Waals surface area (Å²) >= 11 is 12.7. The van der Waals surface area contributed by atoms with Gasteiger partial charge in [-0.15, -0.1) is 0 Å². The molecule has 1 fully saturated rings. The average molecular weight is 436 g/mol. The minimum absolute atomic E-state index is 0.00725. The third-order valence-corrected chi connectivity index (χ3v) is 5.84. The Labute approximate surface area is 177 Å². The SMILES string of the molecule is O=C(O)CCOC[C@@H]1CCCN1c1cc(-c2cnoc2)c2ccc(Cl)c(Cl)c2n1. The minimum Gasteiger partial charge on any atom is -0.481 e. The molecule has 0 amide bonds. The van der Waals surface area contributed by atoms with Crippen molar-refractivity contribution in [2.24, 2.45) is 0 Å². The van der Waals surface area contributed by atoms with E-state index in [2.05, 4.69) is 10.1 Å². The van der Waals surface area contributed by atoms with Gasteiger partial charge in [-0.05, 0) is 30.5 Å². The van der Waals surface area contributed by atoms with Gasteiger partial charge in [-0.2, -0.15) is 0 Å². The van der Waals surface area contributed by atoms with Crippen molar-refractivity contribution in [1.29, 1.82) is 0 Å². The van der Waals surface area contributed by atoms with Gasteiger partial charge in [0.15, 0.2) is 0 Å². The number of benzene rings is 1. The summed E-state index contributed by atoms with van der Waals surface area (Å²) in [5, 5.41) is 14.3. The molecule has 2 aromatic heterocycles. The molecule has 1 atom stereocenters. The Kier molecular flexibility index (Phi) is 5.89. The normalized spacial score (nSPS) is 16.6. The minimum atomic E-state index is -0.866. The second kappa shape index (κ2) is 8.57. The van der Waals surface area contributed by atoms with Crippen LogP contribution in [0.1, 0.15) is 19.3 Å². The maximum absolute atomic E-state index is 10.7. The quantitative estimate of drug-likeness (QED) is 0.539. The van der Waals surface area contributed by atoms with Gasteiger partial charge in [0.05, 0.1) is 47.4 Å². The maximum atomic E-state index is 10.7. The largest absolute Gasteiger partial charge is 0.481 e. The molecule has 152 valence electrons. The van der Waals surface area contributed by atoms with Crippen molar-refractivity contribution in [3.05, 3.63) is 40.7 Å². The molecular formula is C20H19Cl2N3O4. The van der Waals surface area contributed by atoms with E-state index in [1.165, 1.54) is 0 Å². The second-order valence-corrected chi connectivity index (χ2v) is 7.69. The first-order chi connectivity index (χ1) is 14.0. The lowest BCUT2D eigenvalue weighted by Gasteiger charge is -2.26. The van der Waals surface area contributed by atoms with Gasteiger partial charge in [0.25, 0.3) is 0 Å². The van der Waals surface area contributed by atoms with Crippen molar-refractivity contribution in [3.63, 3.8) is 0 Å². The molecule has 1 aliphatic rings. The molecule has 0 saturated carbocycles. The number of halogens is 2. The van der Waals surface area contributed by atoms with Crippen LogP contribution in [0.3, 0.4) is 0 Å². The van der Waals surface area contributed by atoms with Gasteiger partial charge >= 0.3 is 5.97 Å². The number of fused-ring (bicyclic) bond motifs is 1. The Balaban J connectivity index is 1.69. The molecule has 0 radical (unpaired) electrons. The highest BCUT2D eigenvalue weighted by molar-refractivity contribution is 6.45. The van der Waals surface area contributed by atoms with E-state index in [1.54, 1.807) is 18.5 Å². The van der Waals surface area contributed by atoms with Crippen molar-refractivity contribution in [1.82, 2.24) is 10.1 Å². The topological polar surface area (TPSA) is 88.7 Å². The summed E-state index contributed by atoms with van der Waals surface area (Å²) < 4.78 is 10.6. The van der Waals surface area contributed by atoms with Crippen LogP contribution in [0, 0.1) is 0 Å². The van der Waals surface area contributed by atoms with Gasteiger partial charge in [-0.3, -0.25) is 4.79 Å². The fourth-order valence-electron chi connectivity index (χ4n) is 3.63. The number of carboxylic acids is 1. The van der Waals surface area contributed by atoms with Crippen molar-refractivity contribution >= 4 is 45.9 Å². The van der Waals surface area contributed by atoms with Crippen LogP contribution in [0.25, 0.3) is 22.0 Å². The standard InChI is InChI=1S/C20H19Cl2N3O4/c21-16-4-3-14-15(12-9-23-29-10-12)8-17(24-20(14)19(16)22)25-6-1-2-13(25)11-28-7-5-18(26)27/h3-4,8-10,13H,1-2,5-7,11H2,(H,26,27)/t13-/m0/s1. The molecule has 9 heteroatoms. The molecule has 7 nitrogen and oxygen atoms in total. The summed E-state index contributed by atoms with van der Waals surface area (Å²) in [5.74, 6) is -0.100. The highest BCUT2D eigenvalue weighted by Gasteiger charge is 2.27. The molecule has 0 bridgehead atoms. The second-order valence-electron chi connectivity index (χ2n) is 6.91. The number of hydrogen-bond acceptors (Lipinski definition) is 6. The van der Waals surface area contributed by atoms with Crippen LogP contribution in [0.4, 0.5) is 5.82 Å². The van der Waals surface area contributed by atoms with Crippen LogP contribution in [-0.4, -0.2) is 47.0 Å². The van der Waals surface area contributed by atoms with E-state index in [0.29, 0.717) is 22.2 Å². The monoisotopic (exact) mass is 435 g/mol. The summed E-state index contributed by atoms with van der Waals surface area (Å²) in [7, 11) is 0. The first-order valence-corrected chi connectivity index (χ1v) is 10.0. The van der Waals surface area contributed by atoms with E-state index in [9.17, 15) is 4.79 Å². The van der Waals surface area contributed by atoms with E-state index in [4.69, 9.17) is 42.6 Å². The molecule has 3 heterocycles. The molecular weight excluding hydrogens is 417 g/mol. The lowest BCUT2D eigenvalue weighted by molar-refractivity contribution is -0.138. The summed E-state index contributed by atoms with van der Waals surface area (Å²) in [6, 6.07) is 5.75. The zero-order valence-electron chi connectivity index (χ0n) is 15.5. The third kappa shape index (κ3) is 4.17. The van der Waals surface area contributed by atoms with E-state index in [0.717, 1.165) is 41.7 Å². The Morgan fingerprint density at radius 2 is 2.24 bits per heavy atom. The molecule has 3 aromatic rings. The number of pyridine rings is 1. The third-order valence-electron chi connectivity index (χ3n) is 5.04. The van der Waals surface area contributed by atoms with Gasteiger partial charge in [-0.25, -0.2) is 4.98 Å². The fraction of sp³-hybridized carbons (Fsp3) is 0.350. The maximum Gasteiger partial charge on any atom is 0.305 e. The Morgan fingerprint density at radius 3 is 3.00 bits per heavy atom. The first-order valence-electron chi connectivity index (χ1n) is 9.29. The molecule has 1 aliphatic heterocycles. The zero-order chi connectivity index (χ0) is 20.4. The molecule has 29 heavy (non-hydrogen) atoms. The summed E-state index contributed by atoms with van der Waals surface area (Å²) in [6.07, 6.45) is 5.17. The highest BCUT2D eigenvalue weighted by atomic mass is 35.5. The number of carbonyl (C=O) groups is 1. The first kappa shape index (κ1) is 19.9. The van der Waals surface area contributed by atoms with Crippen molar-refractivity contribution in [2.45, 2.75) is 25.3 Å². The summed E-state index contributed by atoms with van der Waals surface area (Å²) in [5.41, 5.74) is 2.35. The Bertz CT molecular complexity index is 1030. The van der Waals surface area contributed by atoms with Crippen molar-refractivity contribution in [2.75, 3.05) is 24.7 Å². The number of anilines is 1. The van der Waals surface area contributed by atoms with E-state index in [-0.39, 0.29) is 19.1 Å². The van der Waals surface area contributed by atoms with E-state index in [1.807, 2.05) is 12.1 Å². The molecule has 4 rings (SSSR count). The van der Waals surface area contributed by atoms with Crippen LogP contribution in [0.15, 0.2) is 35.2 Å². The number of carboxylic acid groups (broad SMARTS) is 1. The van der Waals surface area contributed by atoms with Gasteiger partial charge in [0.2, 0.25) is 0 Å². The van der Waals surface area contributed by atoms with E-state index < -0.39 is 5.97 Å². The van der Waals surface area contributed by atoms with Crippen LogP contribution in [0.5, 0.6) is 0 Å². The molecule has 1 saturated heterocycles. The number of hydrogen-bond donors (Lipinski definition) is 1. The molecule has 0 spiro atoms. The smallest absolute Gasteiger partial charge is 0.305 e. The van der Waals surface area contributed by atoms with Crippen molar-refractivity contribution in [3.8, 4) is 11.1 Å². The van der Waals surface area contributed by atoms with Crippen LogP contribution < -0.4 is 4.90 Å². The van der Waals surface area contributed by atoms with Gasteiger partial charge in [0.1, 0.15) is 12.1 Å². The van der Waals surface area contributed by atoms with Crippen LogP contribution >= 0.6 is 23.2 Å². The Hall–Kier alpha value is -2.35.